The summed E-state index contributed by atoms with van der Waals surface area (Å²) in [6, 6.07) is 60.8. The lowest BCUT2D eigenvalue weighted by molar-refractivity contribution is 0.669. The van der Waals surface area contributed by atoms with Crippen LogP contribution in [0.1, 0.15) is 0 Å². The van der Waals surface area contributed by atoms with E-state index in [-0.39, 0.29) is 0 Å². The van der Waals surface area contributed by atoms with Crippen LogP contribution in [0.2, 0.25) is 0 Å². The van der Waals surface area contributed by atoms with Crippen LogP contribution in [0.5, 0.6) is 0 Å². The average Bonchev–Trinajstić information content (AvgIpc) is 3.56. The van der Waals surface area contributed by atoms with Gasteiger partial charge in [0.2, 0.25) is 0 Å². The molecule has 0 unspecified atom stereocenters. The maximum atomic E-state index is 6.52. The van der Waals surface area contributed by atoms with E-state index in [9.17, 15) is 0 Å². The molecule has 238 valence electrons. The zero-order valence-electron chi connectivity index (χ0n) is 27.4. The van der Waals surface area contributed by atoms with E-state index >= 15 is 0 Å². The summed E-state index contributed by atoms with van der Waals surface area (Å²) in [4.78, 5) is 10.3. The van der Waals surface area contributed by atoms with Gasteiger partial charge in [0.1, 0.15) is 11.2 Å². The predicted octanol–water partition coefficient (Wildman–Crippen LogP) is 13.7. The Bertz CT molecular complexity index is 2970. The van der Waals surface area contributed by atoms with E-state index in [1.165, 1.54) is 42.9 Å². The predicted molar refractivity (Wildman–Crippen MR) is 214 cm³/mol. The molecule has 0 radical (unpaired) electrons. The SMILES string of the molecule is c1ccc2c(c1)Sc1ccccc1N2c1ccc(-c2cc(-c3cccc4ccccc34)c3ccc4oc5cc6ccccc6cc5c4c3n2)cc1. The highest BCUT2D eigenvalue weighted by Crippen LogP contribution is 2.51. The quantitative estimate of drug-likeness (QED) is 0.187. The van der Waals surface area contributed by atoms with E-state index in [2.05, 4.69) is 175 Å². The Morgan fingerprint density at radius 3 is 1.92 bits per heavy atom. The lowest BCUT2D eigenvalue weighted by atomic mass is 9.93. The van der Waals surface area contributed by atoms with Crippen LogP contribution in [0.25, 0.3) is 76.8 Å². The van der Waals surface area contributed by atoms with Crippen molar-refractivity contribution < 1.29 is 4.42 Å². The van der Waals surface area contributed by atoms with E-state index < -0.39 is 0 Å². The van der Waals surface area contributed by atoms with Gasteiger partial charge >= 0.3 is 0 Å². The molecule has 0 amide bonds. The van der Waals surface area contributed by atoms with Gasteiger partial charge < -0.3 is 9.32 Å². The highest BCUT2D eigenvalue weighted by molar-refractivity contribution is 7.99. The Kier molecular flexibility index (Phi) is 6.18. The molecule has 3 nitrogen and oxygen atoms in total. The highest BCUT2D eigenvalue weighted by Gasteiger charge is 2.24. The minimum absolute atomic E-state index is 0.844. The molecule has 0 atom stereocenters. The zero-order valence-corrected chi connectivity index (χ0v) is 28.2. The van der Waals surface area contributed by atoms with Crippen molar-refractivity contribution in [2.24, 2.45) is 0 Å². The van der Waals surface area contributed by atoms with Gasteiger partial charge in [0, 0.05) is 31.8 Å². The fourth-order valence-electron chi connectivity index (χ4n) is 7.83. The molecule has 4 heteroatoms. The fraction of sp³-hybridized carbons (Fsp3) is 0. The van der Waals surface area contributed by atoms with Crippen molar-refractivity contribution in [1.29, 1.82) is 0 Å². The van der Waals surface area contributed by atoms with Gasteiger partial charge in [-0.25, -0.2) is 4.98 Å². The number of hydrogen-bond donors (Lipinski definition) is 0. The molecular weight excluding hydrogens is 641 g/mol. The smallest absolute Gasteiger partial charge is 0.137 e. The maximum absolute atomic E-state index is 6.52. The van der Waals surface area contributed by atoms with Gasteiger partial charge in [-0.15, -0.1) is 0 Å². The summed E-state index contributed by atoms with van der Waals surface area (Å²) in [5.74, 6) is 0. The molecule has 3 heterocycles. The van der Waals surface area contributed by atoms with E-state index in [4.69, 9.17) is 9.40 Å². The number of furan rings is 1. The summed E-state index contributed by atoms with van der Waals surface area (Å²) in [5.41, 5.74) is 10.5. The number of nitrogens with zero attached hydrogens (tertiary/aromatic N) is 2. The van der Waals surface area contributed by atoms with Crippen LogP contribution in [-0.4, -0.2) is 4.98 Å². The first-order chi connectivity index (χ1) is 25.3. The Morgan fingerprint density at radius 2 is 1.14 bits per heavy atom. The second-order valence-corrected chi connectivity index (χ2v) is 14.2. The van der Waals surface area contributed by atoms with Gasteiger partial charge in [0.25, 0.3) is 0 Å². The minimum Gasteiger partial charge on any atom is -0.456 e. The number of rotatable bonds is 3. The molecule has 8 aromatic carbocycles. The van der Waals surface area contributed by atoms with Crippen molar-refractivity contribution in [1.82, 2.24) is 4.98 Å². The second kappa shape index (κ2) is 11.1. The van der Waals surface area contributed by atoms with Crippen molar-refractivity contribution in [2.75, 3.05) is 4.90 Å². The second-order valence-electron chi connectivity index (χ2n) is 13.1. The Balaban J connectivity index is 1.15. The lowest BCUT2D eigenvalue weighted by Gasteiger charge is -2.32. The third-order valence-corrected chi connectivity index (χ3v) is 11.3. The number of anilines is 3. The summed E-state index contributed by atoms with van der Waals surface area (Å²) >= 11 is 1.83. The fourth-order valence-corrected chi connectivity index (χ4v) is 8.89. The number of benzene rings is 8. The largest absolute Gasteiger partial charge is 0.456 e. The minimum atomic E-state index is 0.844. The molecule has 1 aliphatic rings. The van der Waals surface area contributed by atoms with Gasteiger partial charge in [0.05, 0.1) is 28.0 Å². The summed E-state index contributed by atoms with van der Waals surface area (Å²) in [5, 5.41) is 8.02. The number of pyridine rings is 1. The van der Waals surface area contributed by atoms with E-state index in [1.807, 2.05) is 11.8 Å². The van der Waals surface area contributed by atoms with Crippen LogP contribution in [0.15, 0.2) is 184 Å². The monoisotopic (exact) mass is 668 g/mol. The van der Waals surface area contributed by atoms with E-state index in [0.29, 0.717) is 0 Å². The Hall–Kier alpha value is -6.36. The van der Waals surface area contributed by atoms with E-state index in [1.54, 1.807) is 0 Å². The van der Waals surface area contributed by atoms with Gasteiger partial charge in [-0.1, -0.05) is 115 Å². The normalized spacial score (nSPS) is 12.6. The van der Waals surface area contributed by atoms with Gasteiger partial charge in [0.15, 0.2) is 0 Å². The third kappa shape index (κ3) is 4.43. The number of hydrogen-bond acceptors (Lipinski definition) is 4. The lowest BCUT2D eigenvalue weighted by Crippen LogP contribution is -2.14. The topological polar surface area (TPSA) is 29.3 Å². The zero-order chi connectivity index (χ0) is 33.5. The molecular formula is C47H28N2OS. The summed E-state index contributed by atoms with van der Waals surface area (Å²) < 4.78 is 6.52. The Morgan fingerprint density at radius 1 is 0.471 bits per heavy atom. The van der Waals surface area contributed by atoms with E-state index in [0.717, 1.165) is 60.7 Å². The molecule has 0 aliphatic carbocycles. The van der Waals surface area contributed by atoms with Crippen molar-refractivity contribution >= 4 is 83.2 Å². The molecule has 2 aromatic heterocycles. The summed E-state index contributed by atoms with van der Waals surface area (Å²) in [6.07, 6.45) is 0. The molecule has 51 heavy (non-hydrogen) atoms. The van der Waals surface area contributed by atoms with Crippen LogP contribution < -0.4 is 4.90 Å². The molecule has 11 rings (SSSR count). The van der Waals surface area contributed by atoms with Crippen molar-refractivity contribution in [3.63, 3.8) is 0 Å². The standard InChI is InChI=1S/C47H28N2OS/c1-2-12-32-27-43-38(26-31(32)11-1)46-42(50-43)25-24-36-37(35-15-9-13-29-10-3-4-14-34(29)35)28-39(48-47(36)46)30-20-22-33(23-21-30)49-40-16-5-7-18-44(40)51-45-19-8-6-17-41(45)49/h1-28H. The molecule has 0 saturated heterocycles. The summed E-state index contributed by atoms with van der Waals surface area (Å²) in [7, 11) is 0. The number of fused-ring (bicyclic) bond motifs is 9. The Labute approximate surface area is 298 Å². The van der Waals surface area contributed by atoms with Crippen LogP contribution in [0.4, 0.5) is 17.1 Å². The van der Waals surface area contributed by atoms with Crippen molar-refractivity contribution in [3.8, 4) is 22.4 Å². The molecule has 0 N–H and O–H groups in total. The van der Waals surface area contributed by atoms with Crippen molar-refractivity contribution in [3.05, 3.63) is 170 Å². The molecule has 1 aliphatic heterocycles. The first-order valence-corrected chi connectivity index (χ1v) is 18.0. The van der Waals surface area contributed by atoms with Gasteiger partial charge in [-0.3, -0.25) is 0 Å². The maximum Gasteiger partial charge on any atom is 0.137 e. The molecule has 0 bridgehead atoms. The molecule has 0 fully saturated rings. The van der Waals surface area contributed by atoms with Crippen molar-refractivity contribution in [2.45, 2.75) is 9.79 Å². The average molecular weight is 669 g/mol. The highest BCUT2D eigenvalue weighted by atomic mass is 32.2. The first-order valence-electron chi connectivity index (χ1n) is 17.2. The molecule has 10 aromatic rings. The molecule has 0 saturated carbocycles. The third-order valence-electron chi connectivity index (χ3n) is 10.2. The van der Waals surface area contributed by atoms with Gasteiger partial charge in [-0.2, -0.15) is 0 Å². The first kappa shape index (κ1) is 28.5. The molecule has 0 spiro atoms. The van der Waals surface area contributed by atoms with Crippen LogP contribution in [0, 0.1) is 0 Å². The van der Waals surface area contributed by atoms with Gasteiger partial charge in [-0.05, 0) is 99.4 Å². The van der Waals surface area contributed by atoms with Crippen LogP contribution in [-0.2, 0) is 0 Å². The number of aromatic nitrogens is 1. The van der Waals surface area contributed by atoms with Crippen LogP contribution >= 0.6 is 11.8 Å². The number of para-hydroxylation sites is 2. The van der Waals surface area contributed by atoms with Crippen LogP contribution in [0.3, 0.4) is 0 Å². The summed E-state index contributed by atoms with van der Waals surface area (Å²) in [6.45, 7) is 0.